The van der Waals surface area contributed by atoms with E-state index >= 15 is 0 Å². The van der Waals surface area contributed by atoms with Crippen molar-refractivity contribution in [1.29, 1.82) is 0 Å². The molecule has 21 heavy (non-hydrogen) atoms. The predicted octanol–water partition coefficient (Wildman–Crippen LogP) is 0.595. The summed E-state index contributed by atoms with van der Waals surface area (Å²) in [4.78, 5) is 23.5. The van der Waals surface area contributed by atoms with Crippen molar-refractivity contribution >= 4 is 11.7 Å². The van der Waals surface area contributed by atoms with Crippen LogP contribution in [0.5, 0.6) is 0 Å². The van der Waals surface area contributed by atoms with E-state index in [2.05, 4.69) is 11.9 Å². The molecule has 0 aliphatic carbocycles. The van der Waals surface area contributed by atoms with Gasteiger partial charge in [-0.2, -0.15) is 0 Å². The third-order valence-corrected chi connectivity index (χ3v) is 2.94. The van der Waals surface area contributed by atoms with E-state index in [0.717, 1.165) is 6.07 Å². The Morgan fingerprint density at radius 3 is 2.67 bits per heavy atom. The number of carbonyl (C=O) groups excluding carboxylic acids is 2. The van der Waals surface area contributed by atoms with Crippen LogP contribution >= 0.6 is 0 Å². The number of Topliss-reactive ketones (excluding diaryl/α,β-unsaturated/α-hetero) is 1. The number of aliphatic hydroxyl groups excluding tert-OH is 2. The number of carbonyl (C=O) groups is 2. The van der Waals surface area contributed by atoms with E-state index in [-0.39, 0.29) is 12.0 Å². The number of nitrogens with one attached hydrogen (secondary N) is 1. The van der Waals surface area contributed by atoms with Gasteiger partial charge >= 0.3 is 0 Å². The van der Waals surface area contributed by atoms with E-state index in [9.17, 15) is 19.1 Å². The second-order valence-corrected chi connectivity index (χ2v) is 4.62. The second kappa shape index (κ2) is 7.66. The predicted molar refractivity (Wildman–Crippen MR) is 75.3 cm³/mol. The fourth-order valence-electron chi connectivity index (χ4n) is 1.82. The molecule has 1 amide bonds. The number of halogens is 1. The SMILES string of the molecule is C=CCc1cc(C(=O)N[C@H](C(=O)CO)[C@H](C)O)ccc1F. The zero-order chi connectivity index (χ0) is 16.0. The van der Waals surface area contributed by atoms with Crippen LogP contribution in [0.25, 0.3) is 0 Å². The van der Waals surface area contributed by atoms with Gasteiger partial charge in [0.15, 0.2) is 5.78 Å². The van der Waals surface area contributed by atoms with Crippen molar-refractivity contribution in [2.45, 2.75) is 25.5 Å². The van der Waals surface area contributed by atoms with Crippen molar-refractivity contribution in [2.24, 2.45) is 0 Å². The van der Waals surface area contributed by atoms with Crippen LogP contribution in [0.4, 0.5) is 4.39 Å². The highest BCUT2D eigenvalue weighted by atomic mass is 19.1. The summed E-state index contributed by atoms with van der Waals surface area (Å²) in [5, 5.41) is 20.6. The lowest BCUT2D eigenvalue weighted by Crippen LogP contribution is -2.48. The van der Waals surface area contributed by atoms with Crippen molar-refractivity contribution in [3.8, 4) is 0 Å². The molecule has 6 heteroatoms. The van der Waals surface area contributed by atoms with E-state index < -0.39 is 36.3 Å². The Morgan fingerprint density at radius 1 is 1.48 bits per heavy atom. The molecule has 0 aliphatic heterocycles. The minimum Gasteiger partial charge on any atom is -0.391 e. The molecule has 1 aromatic rings. The molecule has 0 heterocycles. The summed E-state index contributed by atoms with van der Waals surface area (Å²) in [6.07, 6.45) is 0.623. The number of allylic oxidation sites excluding steroid dienone is 1. The summed E-state index contributed by atoms with van der Waals surface area (Å²) in [6, 6.07) is 2.57. The first-order valence-corrected chi connectivity index (χ1v) is 6.42. The van der Waals surface area contributed by atoms with Crippen molar-refractivity contribution < 1.29 is 24.2 Å². The van der Waals surface area contributed by atoms with Crippen LogP contribution < -0.4 is 5.32 Å². The van der Waals surface area contributed by atoms with Gasteiger partial charge in [-0.15, -0.1) is 6.58 Å². The molecule has 1 aromatic carbocycles. The smallest absolute Gasteiger partial charge is 0.251 e. The summed E-state index contributed by atoms with van der Waals surface area (Å²) in [7, 11) is 0. The Labute approximate surface area is 122 Å². The van der Waals surface area contributed by atoms with Crippen molar-refractivity contribution in [2.75, 3.05) is 6.61 Å². The van der Waals surface area contributed by atoms with Gasteiger partial charge in [0.05, 0.1) is 6.10 Å². The van der Waals surface area contributed by atoms with Gasteiger partial charge in [0.1, 0.15) is 18.5 Å². The number of hydrogen-bond acceptors (Lipinski definition) is 4. The van der Waals surface area contributed by atoms with Crippen LogP contribution in [0.15, 0.2) is 30.9 Å². The van der Waals surface area contributed by atoms with Crippen LogP contribution in [-0.4, -0.2) is 40.7 Å². The third kappa shape index (κ3) is 4.47. The molecule has 0 aliphatic rings. The zero-order valence-electron chi connectivity index (χ0n) is 11.7. The van der Waals surface area contributed by atoms with Gasteiger partial charge in [-0.1, -0.05) is 6.08 Å². The number of amides is 1. The number of rotatable bonds is 7. The Bertz CT molecular complexity index is 542. The Morgan fingerprint density at radius 2 is 2.14 bits per heavy atom. The van der Waals surface area contributed by atoms with Crippen LogP contribution in [0.1, 0.15) is 22.8 Å². The molecule has 0 unspecified atom stereocenters. The Hall–Kier alpha value is -2.05. The van der Waals surface area contributed by atoms with E-state index in [1.54, 1.807) is 0 Å². The molecular weight excluding hydrogens is 277 g/mol. The average molecular weight is 295 g/mol. The van der Waals surface area contributed by atoms with Crippen LogP contribution in [0, 0.1) is 5.82 Å². The molecule has 0 aromatic heterocycles. The molecule has 1 rings (SSSR count). The lowest BCUT2D eigenvalue weighted by molar-refractivity contribution is -0.125. The standard InChI is InChI=1S/C15H18FNO4/c1-3-4-10-7-11(5-6-12(10)16)15(21)17-14(9(2)19)13(20)8-18/h3,5-7,9,14,18-19H,1,4,8H2,2H3,(H,17,21)/t9-,14-/m0/s1. The monoisotopic (exact) mass is 295 g/mol. The first kappa shape index (κ1) is 17.0. The van der Waals surface area contributed by atoms with E-state index in [1.165, 1.54) is 25.1 Å². The molecule has 5 nitrogen and oxygen atoms in total. The largest absolute Gasteiger partial charge is 0.391 e. The molecular formula is C15H18FNO4. The maximum absolute atomic E-state index is 13.5. The first-order chi connectivity index (χ1) is 9.90. The molecule has 0 radical (unpaired) electrons. The van der Waals surface area contributed by atoms with Crippen molar-refractivity contribution in [3.63, 3.8) is 0 Å². The minimum atomic E-state index is -1.21. The molecule has 0 bridgehead atoms. The molecule has 0 saturated carbocycles. The first-order valence-electron chi connectivity index (χ1n) is 6.42. The van der Waals surface area contributed by atoms with Crippen LogP contribution in [0.2, 0.25) is 0 Å². The molecule has 2 atom stereocenters. The molecule has 114 valence electrons. The van der Waals surface area contributed by atoms with Gasteiger partial charge in [0.25, 0.3) is 5.91 Å². The second-order valence-electron chi connectivity index (χ2n) is 4.62. The quantitative estimate of drug-likeness (QED) is 0.643. The number of benzene rings is 1. The van der Waals surface area contributed by atoms with Gasteiger partial charge < -0.3 is 15.5 Å². The maximum Gasteiger partial charge on any atom is 0.251 e. The molecule has 3 N–H and O–H groups in total. The summed E-state index contributed by atoms with van der Waals surface area (Å²) in [5.74, 6) is -1.79. The maximum atomic E-state index is 13.5. The molecule has 0 spiro atoms. The lowest BCUT2D eigenvalue weighted by atomic mass is 10.0. The molecule has 0 fully saturated rings. The summed E-state index contributed by atoms with van der Waals surface area (Å²) < 4.78 is 13.5. The summed E-state index contributed by atoms with van der Waals surface area (Å²) in [6.45, 7) is 4.04. The van der Waals surface area contributed by atoms with E-state index in [0.29, 0.717) is 5.56 Å². The topological polar surface area (TPSA) is 86.6 Å². The zero-order valence-corrected chi connectivity index (χ0v) is 11.7. The van der Waals surface area contributed by atoms with Crippen molar-refractivity contribution in [1.82, 2.24) is 5.32 Å². The highest BCUT2D eigenvalue weighted by molar-refractivity contribution is 5.98. The number of hydrogen-bond donors (Lipinski definition) is 3. The van der Waals surface area contributed by atoms with Crippen molar-refractivity contribution in [3.05, 3.63) is 47.8 Å². The highest BCUT2D eigenvalue weighted by Crippen LogP contribution is 2.12. The number of ketones is 1. The van der Waals surface area contributed by atoms with E-state index in [4.69, 9.17) is 5.11 Å². The van der Waals surface area contributed by atoms with Gasteiger partial charge in [-0.3, -0.25) is 9.59 Å². The fraction of sp³-hybridized carbons (Fsp3) is 0.333. The van der Waals surface area contributed by atoms with Gasteiger partial charge in [0.2, 0.25) is 0 Å². The minimum absolute atomic E-state index is 0.157. The van der Waals surface area contributed by atoms with Gasteiger partial charge in [-0.25, -0.2) is 4.39 Å². The van der Waals surface area contributed by atoms with E-state index in [1.807, 2.05) is 0 Å². The average Bonchev–Trinajstić information content (AvgIpc) is 2.45. The van der Waals surface area contributed by atoms with Gasteiger partial charge in [0, 0.05) is 5.56 Å². The highest BCUT2D eigenvalue weighted by Gasteiger charge is 2.25. The Balaban J connectivity index is 2.95. The van der Waals surface area contributed by atoms with Crippen LogP contribution in [0.3, 0.4) is 0 Å². The summed E-state index contributed by atoms with van der Waals surface area (Å²) in [5.41, 5.74) is 0.462. The van der Waals surface area contributed by atoms with Gasteiger partial charge in [-0.05, 0) is 37.1 Å². The third-order valence-electron chi connectivity index (χ3n) is 2.94. The summed E-state index contributed by atoms with van der Waals surface area (Å²) >= 11 is 0. The fourth-order valence-corrected chi connectivity index (χ4v) is 1.82. The molecule has 0 saturated heterocycles. The van der Waals surface area contributed by atoms with Crippen LogP contribution in [-0.2, 0) is 11.2 Å². The lowest BCUT2D eigenvalue weighted by Gasteiger charge is -2.19. The Kier molecular flexibility index (Phi) is 6.20. The normalized spacial score (nSPS) is 13.3. The number of aliphatic hydroxyl groups is 2.